The van der Waals surface area contributed by atoms with Gasteiger partial charge < -0.3 is 15.5 Å². The van der Waals surface area contributed by atoms with Crippen molar-refractivity contribution in [3.8, 4) is 11.1 Å². The van der Waals surface area contributed by atoms with Crippen molar-refractivity contribution >= 4 is 29.6 Å². The lowest BCUT2D eigenvalue weighted by Gasteiger charge is -2.22. The van der Waals surface area contributed by atoms with E-state index >= 15 is 0 Å². The summed E-state index contributed by atoms with van der Waals surface area (Å²) >= 11 is 6.12. The Kier molecular flexibility index (Phi) is 6.56. The minimum Gasteiger partial charge on any atom is -0.481 e. The average Bonchev–Trinajstić information content (AvgIpc) is 2.83. The van der Waals surface area contributed by atoms with Gasteiger partial charge in [0, 0.05) is 22.8 Å². The third-order valence-electron chi connectivity index (χ3n) is 4.90. The van der Waals surface area contributed by atoms with Crippen LogP contribution in [0, 0.1) is 0 Å². The van der Waals surface area contributed by atoms with Gasteiger partial charge in [0.15, 0.2) is 0 Å². The summed E-state index contributed by atoms with van der Waals surface area (Å²) in [5.41, 5.74) is 4.77. The molecule has 0 radical (unpaired) electrons. The van der Waals surface area contributed by atoms with Crippen molar-refractivity contribution < 1.29 is 19.8 Å². The van der Waals surface area contributed by atoms with Crippen molar-refractivity contribution in [3.05, 3.63) is 64.3 Å². The van der Waals surface area contributed by atoms with Crippen molar-refractivity contribution in [1.29, 1.82) is 0 Å². The summed E-state index contributed by atoms with van der Waals surface area (Å²) in [6, 6.07) is 13.1. The van der Waals surface area contributed by atoms with E-state index in [4.69, 9.17) is 16.7 Å². The van der Waals surface area contributed by atoms with Gasteiger partial charge in [-0.3, -0.25) is 14.9 Å². The molecule has 0 fully saturated rings. The fourth-order valence-electron chi connectivity index (χ4n) is 3.46. The molecular formula is C22H23ClN2O4. The van der Waals surface area contributed by atoms with Crippen LogP contribution in [0.15, 0.2) is 48.2 Å². The van der Waals surface area contributed by atoms with Crippen molar-refractivity contribution in [2.24, 2.45) is 0 Å². The quantitative estimate of drug-likeness (QED) is 0.554. The van der Waals surface area contributed by atoms with Crippen molar-refractivity contribution in [2.75, 3.05) is 6.54 Å². The number of rotatable bonds is 7. The Morgan fingerprint density at radius 2 is 1.93 bits per heavy atom. The second-order valence-corrected chi connectivity index (χ2v) is 7.60. The Labute approximate surface area is 174 Å². The molecule has 0 spiro atoms. The smallest absolute Gasteiger partial charge is 0.317 e. The molecule has 152 valence electrons. The Hall–Kier alpha value is -2.83. The van der Waals surface area contributed by atoms with Crippen LogP contribution in [-0.4, -0.2) is 40.8 Å². The van der Waals surface area contributed by atoms with E-state index in [1.54, 1.807) is 0 Å². The number of benzene rings is 2. The summed E-state index contributed by atoms with van der Waals surface area (Å²) in [6.07, 6.45) is 2.49. The number of aliphatic carboxylic acids is 2. The van der Waals surface area contributed by atoms with Gasteiger partial charge >= 0.3 is 11.9 Å². The van der Waals surface area contributed by atoms with Gasteiger partial charge in [0.1, 0.15) is 0 Å². The third kappa shape index (κ3) is 5.59. The van der Waals surface area contributed by atoms with E-state index in [0.717, 1.165) is 28.0 Å². The Balaban J connectivity index is 1.98. The molecular weight excluding hydrogens is 392 g/mol. The van der Waals surface area contributed by atoms with Crippen LogP contribution in [0.25, 0.3) is 17.2 Å². The number of hydrogen-bond acceptors (Lipinski definition) is 4. The minimum atomic E-state index is -0.947. The van der Waals surface area contributed by atoms with E-state index in [0.29, 0.717) is 11.4 Å². The van der Waals surface area contributed by atoms with Crippen LogP contribution in [0.5, 0.6) is 0 Å². The molecule has 7 heteroatoms. The molecule has 0 aliphatic carbocycles. The first-order valence-electron chi connectivity index (χ1n) is 9.36. The number of hydrogen-bond donors (Lipinski definition) is 4. The van der Waals surface area contributed by atoms with Crippen LogP contribution in [0.3, 0.4) is 0 Å². The molecule has 29 heavy (non-hydrogen) atoms. The van der Waals surface area contributed by atoms with Crippen LogP contribution < -0.4 is 10.6 Å². The largest absolute Gasteiger partial charge is 0.481 e. The normalized spacial score (nSPS) is 16.8. The van der Waals surface area contributed by atoms with Crippen LogP contribution in [0.2, 0.25) is 5.02 Å². The van der Waals surface area contributed by atoms with Crippen LogP contribution >= 0.6 is 11.6 Å². The van der Waals surface area contributed by atoms with Gasteiger partial charge in [0.2, 0.25) is 0 Å². The molecule has 0 aromatic heterocycles. The lowest BCUT2D eigenvalue weighted by Crippen LogP contribution is -2.41. The van der Waals surface area contributed by atoms with Gasteiger partial charge in [0.05, 0.1) is 13.0 Å². The standard InChI is InChI=1S/C22H23ClN2O4/c1-13(24-12-22(28)29)20-10-17-7-15(14-3-2-4-18(23)8-14)5-6-16(17)9-19(25-20)11-21(26)27/h2-8,10,13,19,24-25H,9,11-12H2,1H3,(H,26,27)(H,28,29)/t13-,19-/m1/s1. The second-order valence-electron chi connectivity index (χ2n) is 7.16. The first kappa shape index (κ1) is 20.9. The van der Waals surface area contributed by atoms with Crippen LogP contribution in [-0.2, 0) is 16.0 Å². The monoisotopic (exact) mass is 414 g/mol. The number of nitrogens with one attached hydrogen (secondary N) is 2. The Bertz CT molecular complexity index is 958. The maximum atomic E-state index is 11.3. The van der Waals surface area contributed by atoms with Gasteiger partial charge in [-0.25, -0.2) is 0 Å². The highest BCUT2D eigenvalue weighted by molar-refractivity contribution is 6.30. The van der Waals surface area contributed by atoms with Gasteiger partial charge in [-0.05, 0) is 59.9 Å². The number of carboxylic acid groups (broad SMARTS) is 2. The topological polar surface area (TPSA) is 98.7 Å². The molecule has 3 rings (SSSR count). The zero-order valence-electron chi connectivity index (χ0n) is 16.0. The average molecular weight is 415 g/mol. The molecule has 0 unspecified atom stereocenters. The van der Waals surface area contributed by atoms with Gasteiger partial charge in [0.25, 0.3) is 0 Å². The molecule has 1 aliphatic heterocycles. The maximum absolute atomic E-state index is 11.3. The maximum Gasteiger partial charge on any atom is 0.317 e. The van der Waals surface area contributed by atoms with Crippen molar-refractivity contribution in [2.45, 2.75) is 31.8 Å². The lowest BCUT2D eigenvalue weighted by molar-refractivity contribution is -0.138. The van der Waals surface area contributed by atoms with E-state index in [1.165, 1.54) is 0 Å². The molecule has 6 nitrogen and oxygen atoms in total. The molecule has 0 amide bonds. The Morgan fingerprint density at radius 3 is 2.62 bits per heavy atom. The first-order chi connectivity index (χ1) is 13.8. The number of halogens is 1. The summed E-state index contributed by atoms with van der Waals surface area (Å²) in [4.78, 5) is 22.2. The molecule has 0 saturated carbocycles. The summed E-state index contributed by atoms with van der Waals surface area (Å²) in [6.45, 7) is 1.67. The van der Waals surface area contributed by atoms with Gasteiger partial charge in [-0.2, -0.15) is 0 Å². The third-order valence-corrected chi connectivity index (χ3v) is 5.13. The lowest BCUT2D eigenvalue weighted by atomic mass is 9.95. The zero-order valence-corrected chi connectivity index (χ0v) is 16.7. The zero-order chi connectivity index (χ0) is 21.0. The molecule has 2 aromatic rings. The molecule has 1 aliphatic rings. The van der Waals surface area contributed by atoms with Crippen molar-refractivity contribution in [1.82, 2.24) is 10.6 Å². The van der Waals surface area contributed by atoms with Crippen molar-refractivity contribution in [3.63, 3.8) is 0 Å². The summed E-state index contributed by atoms with van der Waals surface area (Å²) in [5.74, 6) is -1.83. The molecule has 1 heterocycles. The highest BCUT2D eigenvalue weighted by Crippen LogP contribution is 2.29. The van der Waals surface area contributed by atoms with Crippen LogP contribution in [0.4, 0.5) is 0 Å². The predicted molar refractivity (Wildman–Crippen MR) is 113 cm³/mol. The van der Waals surface area contributed by atoms with Gasteiger partial charge in [-0.1, -0.05) is 35.9 Å². The Morgan fingerprint density at radius 1 is 1.17 bits per heavy atom. The molecule has 0 bridgehead atoms. The minimum absolute atomic E-state index is 0.0293. The summed E-state index contributed by atoms with van der Waals surface area (Å²) < 4.78 is 0. The van der Waals surface area contributed by atoms with E-state index in [1.807, 2.05) is 49.4 Å². The summed E-state index contributed by atoms with van der Waals surface area (Å²) in [5, 5.41) is 25.1. The van der Waals surface area contributed by atoms with Gasteiger partial charge in [-0.15, -0.1) is 0 Å². The molecule has 2 atom stereocenters. The van der Waals surface area contributed by atoms with E-state index in [9.17, 15) is 14.7 Å². The number of carbonyl (C=O) groups is 2. The van der Waals surface area contributed by atoms with Crippen LogP contribution in [0.1, 0.15) is 24.5 Å². The highest BCUT2D eigenvalue weighted by atomic mass is 35.5. The predicted octanol–water partition coefficient (Wildman–Crippen LogP) is 3.40. The van der Waals surface area contributed by atoms with E-state index < -0.39 is 11.9 Å². The van der Waals surface area contributed by atoms with E-state index in [2.05, 4.69) is 16.7 Å². The van der Waals surface area contributed by atoms with E-state index in [-0.39, 0.29) is 25.0 Å². The second kappa shape index (κ2) is 9.11. The molecule has 0 saturated heterocycles. The fourth-order valence-corrected chi connectivity index (χ4v) is 3.65. The summed E-state index contributed by atoms with van der Waals surface area (Å²) in [7, 11) is 0. The highest BCUT2D eigenvalue weighted by Gasteiger charge is 2.22. The number of carboxylic acids is 2. The fraction of sp³-hybridized carbons (Fsp3) is 0.273. The molecule has 2 aromatic carbocycles. The number of fused-ring (bicyclic) bond motifs is 1. The SMILES string of the molecule is C[C@@H](NCC(=O)O)C1=Cc2cc(-c3cccc(Cl)c3)ccc2C[C@H](CC(=O)O)N1. The first-order valence-corrected chi connectivity index (χ1v) is 9.73. The molecule has 4 N–H and O–H groups in total.